The average Bonchev–Trinajstić information content (AvgIpc) is 2.78. The van der Waals surface area contributed by atoms with Gasteiger partial charge in [-0.15, -0.1) is 0 Å². The average molecular weight is 425 g/mol. The largest absolute Gasteiger partial charge is 0.416 e. The van der Waals surface area contributed by atoms with Crippen molar-refractivity contribution in [1.29, 1.82) is 0 Å². The Balaban J connectivity index is 1.36. The second kappa shape index (κ2) is 8.79. The molecule has 1 saturated heterocycles. The molecule has 2 aromatic heterocycles. The minimum atomic E-state index is -4.31. The van der Waals surface area contributed by atoms with Crippen LogP contribution in [0.25, 0.3) is 11.3 Å². The number of allylic oxidation sites excluding steroid dienone is 1. The molecule has 1 fully saturated rings. The number of aromatic amines is 1. The van der Waals surface area contributed by atoms with Crippen molar-refractivity contribution in [2.24, 2.45) is 0 Å². The van der Waals surface area contributed by atoms with Gasteiger partial charge in [-0.25, -0.2) is 0 Å². The Labute approximate surface area is 178 Å². The Bertz CT molecular complexity index is 1100. The summed E-state index contributed by atoms with van der Waals surface area (Å²) in [5.41, 5.74) is 4.00. The topological polar surface area (TPSA) is 49.0 Å². The first kappa shape index (κ1) is 20.9. The fourth-order valence-corrected chi connectivity index (χ4v) is 3.69. The molecule has 0 unspecified atom stereocenters. The first-order valence-corrected chi connectivity index (χ1v) is 10.1. The lowest BCUT2D eigenvalue weighted by atomic mass is 10.0. The Kier molecular flexibility index (Phi) is 5.93. The van der Waals surface area contributed by atoms with E-state index in [4.69, 9.17) is 0 Å². The molecule has 0 radical (unpaired) electrons. The van der Waals surface area contributed by atoms with Crippen LogP contribution in [0.5, 0.6) is 0 Å². The van der Waals surface area contributed by atoms with Gasteiger partial charge in [-0.1, -0.05) is 17.7 Å². The zero-order valence-corrected chi connectivity index (χ0v) is 16.8. The molecule has 0 saturated carbocycles. The predicted molar refractivity (Wildman–Crippen MR) is 115 cm³/mol. The zero-order valence-electron chi connectivity index (χ0n) is 16.8. The van der Waals surface area contributed by atoms with E-state index in [-0.39, 0.29) is 5.56 Å². The van der Waals surface area contributed by atoms with Gasteiger partial charge in [0.25, 0.3) is 0 Å². The normalized spacial score (nSPS) is 14.5. The first-order chi connectivity index (χ1) is 14.9. The van der Waals surface area contributed by atoms with Crippen molar-refractivity contribution in [2.45, 2.75) is 25.4 Å². The number of nitrogens with one attached hydrogen (secondary N) is 1. The van der Waals surface area contributed by atoms with E-state index in [9.17, 15) is 18.0 Å². The van der Waals surface area contributed by atoms with E-state index >= 15 is 0 Å². The van der Waals surface area contributed by atoms with E-state index in [1.54, 1.807) is 24.4 Å². The van der Waals surface area contributed by atoms with E-state index in [0.717, 1.165) is 60.7 Å². The summed E-state index contributed by atoms with van der Waals surface area (Å²) in [6.45, 7) is 1.56. The Morgan fingerprint density at radius 3 is 2.39 bits per heavy atom. The zero-order chi connectivity index (χ0) is 21.8. The molecule has 1 N–H and O–H groups in total. The molecule has 0 amide bonds. The molecule has 0 aliphatic carbocycles. The molecule has 160 valence electrons. The summed E-state index contributed by atoms with van der Waals surface area (Å²) < 4.78 is 38.2. The Morgan fingerprint density at radius 2 is 1.74 bits per heavy atom. The summed E-state index contributed by atoms with van der Waals surface area (Å²) in [5.74, 6) is 0. The number of nitrogens with zero attached hydrogens (tertiary/aromatic N) is 2. The molecule has 3 aromatic rings. The third kappa shape index (κ3) is 5.23. The summed E-state index contributed by atoms with van der Waals surface area (Å²) in [6.07, 6.45) is 2.01. The van der Waals surface area contributed by atoms with Crippen LogP contribution in [0.1, 0.15) is 24.1 Å². The molecular weight excluding hydrogens is 403 g/mol. The highest BCUT2D eigenvalue weighted by Crippen LogP contribution is 2.31. The maximum atomic E-state index is 12.7. The number of hydrogen-bond donors (Lipinski definition) is 1. The molecule has 4 rings (SSSR count). The number of alkyl halides is 3. The maximum Gasteiger partial charge on any atom is 0.416 e. The van der Waals surface area contributed by atoms with Crippen molar-refractivity contribution in [3.63, 3.8) is 0 Å². The van der Waals surface area contributed by atoms with Gasteiger partial charge in [0.05, 0.1) is 11.3 Å². The number of anilines is 1. The van der Waals surface area contributed by atoms with Crippen LogP contribution in [0.2, 0.25) is 0 Å². The summed E-state index contributed by atoms with van der Waals surface area (Å²) in [7, 11) is 0. The highest BCUT2D eigenvalue weighted by Gasteiger charge is 2.30. The number of H-pyrrole nitrogens is 1. The van der Waals surface area contributed by atoms with Gasteiger partial charge in [0.15, 0.2) is 0 Å². The van der Waals surface area contributed by atoms with Gasteiger partial charge in [-0.3, -0.25) is 9.78 Å². The fraction of sp³-hybridized carbons (Fsp3) is 0.250. The van der Waals surface area contributed by atoms with E-state index in [1.165, 1.54) is 11.6 Å². The van der Waals surface area contributed by atoms with Crippen molar-refractivity contribution >= 4 is 5.69 Å². The van der Waals surface area contributed by atoms with Gasteiger partial charge < -0.3 is 9.88 Å². The van der Waals surface area contributed by atoms with Crippen LogP contribution in [-0.4, -0.2) is 23.1 Å². The van der Waals surface area contributed by atoms with E-state index in [2.05, 4.69) is 20.9 Å². The van der Waals surface area contributed by atoms with Gasteiger partial charge in [-0.05, 0) is 55.3 Å². The van der Waals surface area contributed by atoms with Crippen LogP contribution in [0.4, 0.5) is 18.9 Å². The standard InChI is InChI=1S/C24H22F3N3O/c25-24(26,27)19-6-9-21(10-7-19)30-14-12-17(13-15-30)4-8-20-2-1-3-22(29-20)18-5-11-23(31)28-16-18/h1-7,9-11,16H,8,12-15H2,(H,28,31). The minimum absolute atomic E-state index is 0.146. The predicted octanol–water partition coefficient (Wildman–Crippen LogP) is 5.23. The monoisotopic (exact) mass is 425 g/mol. The van der Waals surface area contributed by atoms with Gasteiger partial charge in [0.2, 0.25) is 5.56 Å². The minimum Gasteiger partial charge on any atom is -0.371 e. The van der Waals surface area contributed by atoms with Crippen molar-refractivity contribution in [1.82, 2.24) is 9.97 Å². The third-order valence-corrected chi connectivity index (χ3v) is 5.45. The lowest BCUT2D eigenvalue weighted by molar-refractivity contribution is -0.137. The lowest BCUT2D eigenvalue weighted by Gasteiger charge is -2.30. The SMILES string of the molecule is O=c1ccc(-c2cccc(CC=C3CCN(c4ccc(C(F)(F)F)cc4)CC3)n2)c[nH]1. The second-order valence-corrected chi connectivity index (χ2v) is 7.55. The number of hydrogen-bond acceptors (Lipinski definition) is 3. The first-order valence-electron chi connectivity index (χ1n) is 10.1. The number of halogens is 3. The number of aromatic nitrogens is 2. The van der Waals surface area contributed by atoms with Crippen LogP contribution < -0.4 is 10.5 Å². The van der Waals surface area contributed by atoms with Crippen LogP contribution in [0.15, 0.2) is 77.2 Å². The van der Waals surface area contributed by atoms with E-state index in [0.29, 0.717) is 6.42 Å². The molecule has 7 heteroatoms. The van der Waals surface area contributed by atoms with Gasteiger partial charge >= 0.3 is 6.18 Å². The number of piperidine rings is 1. The Morgan fingerprint density at radius 1 is 1.00 bits per heavy atom. The van der Waals surface area contributed by atoms with Crippen molar-refractivity contribution in [3.8, 4) is 11.3 Å². The molecule has 0 bridgehead atoms. The molecular formula is C24H22F3N3O. The summed E-state index contributed by atoms with van der Waals surface area (Å²) in [6, 6.07) is 14.4. The van der Waals surface area contributed by atoms with Crippen LogP contribution >= 0.6 is 0 Å². The Hall–Kier alpha value is -3.35. The second-order valence-electron chi connectivity index (χ2n) is 7.55. The lowest BCUT2D eigenvalue weighted by Crippen LogP contribution is -2.30. The quantitative estimate of drug-likeness (QED) is 0.583. The number of pyridine rings is 2. The number of rotatable bonds is 4. The summed E-state index contributed by atoms with van der Waals surface area (Å²) in [4.78, 5) is 20.7. The number of benzene rings is 1. The highest BCUT2D eigenvalue weighted by molar-refractivity contribution is 5.57. The van der Waals surface area contributed by atoms with E-state index < -0.39 is 11.7 Å². The van der Waals surface area contributed by atoms with Crippen LogP contribution in [-0.2, 0) is 12.6 Å². The molecule has 1 aromatic carbocycles. The molecule has 0 atom stereocenters. The summed E-state index contributed by atoms with van der Waals surface area (Å²) >= 11 is 0. The molecule has 1 aliphatic rings. The molecule has 31 heavy (non-hydrogen) atoms. The highest BCUT2D eigenvalue weighted by atomic mass is 19.4. The van der Waals surface area contributed by atoms with Crippen LogP contribution in [0.3, 0.4) is 0 Å². The van der Waals surface area contributed by atoms with Crippen molar-refractivity contribution in [3.05, 3.63) is 94.1 Å². The molecule has 3 heterocycles. The molecule has 1 aliphatic heterocycles. The van der Waals surface area contributed by atoms with Crippen LogP contribution in [0, 0.1) is 0 Å². The molecule has 0 spiro atoms. The van der Waals surface area contributed by atoms with E-state index in [1.807, 2.05) is 18.2 Å². The molecule has 4 nitrogen and oxygen atoms in total. The summed E-state index contributed by atoms with van der Waals surface area (Å²) in [5, 5.41) is 0. The van der Waals surface area contributed by atoms with Crippen molar-refractivity contribution in [2.75, 3.05) is 18.0 Å². The smallest absolute Gasteiger partial charge is 0.371 e. The van der Waals surface area contributed by atoms with Crippen molar-refractivity contribution < 1.29 is 13.2 Å². The fourth-order valence-electron chi connectivity index (χ4n) is 3.69. The van der Waals surface area contributed by atoms with Gasteiger partial charge in [0, 0.05) is 48.7 Å². The third-order valence-electron chi connectivity index (χ3n) is 5.45. The van der Waals surface area contributed by atoms with Gasteiger partial charge in [0.1, 0.15) is 0 Å². The maximum absolute atomic E-state index is 12.7. The van der Waals surface area contributed by atoms with Gasteiger partial charge in [-0.2, -0.15) is 13.2 Å².